The van der Waals surface area contributed by atoms with E-state index in [0.29, 0.717) is 16.7 Å². The van der Waals surface area contributed by atoms with Crippen molar-refractivity contribution in [2.24, 2.45) is 0 Å². The van der Waals surface area contributed by atoms with Crippen LogP contribution < -0.4 is 0 Å². The molecule has 0 heterocycles. The van der Waals surface area contributed by atoms with Crippen molar-refractivity contribution in [2.75, 3.05) is 0 Å². The number of phenols is 2. The van der Waals surface area contributed by atoms with Crippen LogP contribution in [0.25, 0.3) is 0 Å². The van der Waals surface area contributed by atoms with Gasteiger partial charge in [0.15, 0.2) is 11.5 Å². The zero-order valence-electron chi connectivity index (χ0n) is 12.8. The summed E-state index contributed by atoms with van der Waals surface area (Å²) >= 11 is 0. The average Bonchev–Trinajstić information content (AvgIpc) is 2.60. The van der Waals surface area contributed by atoms with Gasteiger partial charge in [-0.25, -0.2) is 0 Å². The molecule has 24 heavy (non-hydrogen) atoms. The Morgan fingerprint density at radius 2 is 1.17 bits per heavy atom. The quantitative estimate of drug-likeness (QED) is 0.508. The second kappa shape index (κ2) is 6.08. The molecule has 0 unspecified atom stereocenters. The lowest BCUT2D eigenvalue weighted by atomic mass is 9.69. The number of phenolic OH excluding ortho intramolecular Hbond substituents is 2. The van der Waals surface area contributed by atoms with Gasteiger partial charge in [-0.3, -0.25) is 4.79 Å². The number of carboxylic acids is 1. The van der Waals surface area contributed by atoms with Crippen molar-refractivity contribution < 1.29 is 20.1 Å². The van der Waals surface area contributed by atoms with Gasteiger partial charge in [-0.2, -0.15) is 0 Å². The highest BCUT2D eigenvalue weighted by Crippen LogP contribution is 2.42. The highest BCUT2D eigenvalue weighted by atomic mass is 16.4. The summed E-state index contributed by atoms with van der Waals surface area (Å²) < 4.78 is 0. The molecule has 4 nitrogen and oxygen atoms in total. The molecule has 3 rings (SSSR count). The summed E-state index contributed by atoms with van der Waals surface area (Å²) in [5.41, 5.74) is -0.00136. The van der Waals surface area contributed by atoms with Gasteiger partial charge in [0, 0.05) is 0 Å². The molecule has 0 saturated carbocycles. The van der Waals surface area contributed by atoms with Crippen LogP contribution in [0.4, 0.5) is 0 Å². The summed E-state index contributed by atoms with van der Waals surface area (Å²) in [7, 11) is 0. The number of rotatable bonds is 4. The molecule has 0 atom stereocenters. The second-order valence-corrected chi connectivity index (χ2v) is 5.49. The molecule has 0 amide bonds. The van der Waals surface area contributed by atoms with Crippen LogP contribution in [0.5, 0.6) is 11.5 Å². The standard InChI is InChI=1S/C20H16O4/c21-17-12-11-16(13-18(17)22)20(19(23)24,14-7-3-1-4-8-14)15-9-5-2-6-10-15/h1-13,21-22H,(H,23,24). The van der Waals surface area contributed by atoms with Crippen molar-refractivity contribution in [2.45, 2.75) is 5.41 Å². The molecular weight excluding hydrogens is 304 g/mol. The highest BCUT2D eigenvalue weighted by molar-refractivity contribution is 5.91. The first kappa shape index (κ1) is 15.6. The fourth-order valence-corrected chi connectivity index (χ4v) is 3.00. The van der Waals surface area contributed by atoms with Crippen molar-refractivity contribution >= 4 is 5.97 Å². The number of hydrogen-bond acceptors (Lipinski definition) is 3. The zero-order chi connectivity index (χ0) is 17.2. The van der Waals surface area contributed by atoms with Crippen molar-refractivity contribution in [1.29, 1.82) is 0 Å². The molecule has 0 fully saturated rings. The molecule has 0 aromatic heterocycles. The van der Waals surface area contributed by atoms with E-state index in [-0.39, 0.29) is 11.5 Å². The smallest absolute Gasteiger partial charge is 0.323 e. The number of aliphatic carboxylic acids is 1. The monoisotopic (exact) mass is 320 g/mol. The average molecular weight is 320 g/mol. The van der Waals surface area contributed by atoms with E-state index in [1.165, 1.54) is 18.2 Å². The largest absolute Gasteiger partial charge is 0.504 e. The van der Waals surface area contributed by atoms with E-state index in [1.54, 1.807) is 48.5 Å². The summed E-state index contributed by atoms with van der Waals surface area (Å²) in [6.07, 6.45) is 0. The summed E-state index contributed by atoms with van der Waals surface area (Å²) in [5, 5.41) is 29.7. The summed E-state index contributed by atoms with van der Waals surface area (Å²) in [6.45, 7) is 0. The first-order valence-electron chi connectivity index (χ1n) is 7.43. The van der Waals surface area contributed by atoms with Crippen LogP contribution in [0.1, 0.15) is 16.7 Å². The van der Waals surface area contributed by atoms with Crippen molar-refractivity contribution in [3.05, 3.63) is 95.6 Å². The Morgan fingerprint density at radius 3 is 1.58 bits per heavy atom. The first-order valence-corrected chi connectivity index (χ1v) is 7.43. The summed E-state index contributed by atoms with van der Waals surface area (Å²) in [4.78, 5) is 12.5. The van der Waals surface area contributed by atoms with Crippen molar-refractivity contribution in [3.8, 4) is 11.5 Å². The Morgan fingerprint density at radius 1 is 0.667 bits per heavy atom. The van der Waals surface area contributed by atoms with Gasteiger partial charge in [0.25, 0.3) is 0 Å². The van der Waals surface area contributed by atoms with Crippen molar-refractivity contribution in [1.82, 2.24) is 0 Å². The maximum absolute atomic E-state index is 12.5. The number of benzene rings is 3. The number of carbonyl (C=O) groups is 1. The van der Waals surface area contributed by atoms with E-state index in [9.17, 15) is 20.1 Å². The van der Waals surface area contributed by atoms with Crippen LogP contribution in [0, 0.1) is 0 Å². The first-order chi connectivity index (χ1) is 11.6. The van der Waals surface area contributed by atoms with Gasteiger partial charge in [0.1, 0.15) is 5.41 Å². The van der Waals surface area contributed by atoms with Crippen LogP contribution in [0.15, 0.2) is 78.9 Å². The Kier molecular flexibility index (Phi) is 3.96. The lowest BCUT2D eigenvalue weighted by Crippen LogP contribution is -2.38. The Balaban J connectivity index is 2.39. The predicted octanol–water partition coefficient (Wildman–Crippen LogP) is 3.52. The van der Waals surface area contributed by atoms with Crippen LogP contribution >= 0.6 is 0 Å². The van der Waals surface area contributed by atoms with Gasteiger partial charge in [0.2, 0.25) is 0 Å². The number of hydrogen-bond donors (Lipinski definition) is 3. The molecule has 0 radical (unpaired) electrons. The minimum atomic E-state index is -1.49. The molecule has 3 aromatic rings. The highest BCUT2D eigenvalue weighted by Gasteiger charge is 2.44. The van der Waals surface area contributed by atoms with Gasteiger partial charge < -0.3 is 15.3 Å². The maximum Gasteiger partial charge on any atom is 0.323 e. The fraction of sp³-hybridized carbons (Fsp3) is 0.0500. The number of aromatic hydroxyl groups is 2. The van der Waals surface area contributed by atoms with E-state index >= 15 is 0 Å². The van der Waals surface area contributed by atoms with Crippen LogP contribution in [0.2, 0.25) is 0 Å². The normalized spacial score (nSPS) is 11.2. The van der Waals surface area contributed by atoms with E-state index in [1.807, 2.05) is 12.1 Å². The number of carboxylic acid groups (broad SMARTS) is 1. The molecule has 4 heteroatoms. The van der Waals surface area contributed by atoms with E-state index in [4.69, 9.17) is 0 Å². The van der Waals surface area contributed by atoms with E-state index < -0.39 is 11.4 Å². The molecule has 0 aliphatic rings. The van der Waals surface area contributed by atoms with E-state index in [2.05, 4.69) is 0 Å². The Hall–Kier alpha value is -3.27. The van der Waals surface area contributed by atoms with Gasteiger partial charge in [-0.05, 0) is 28.8 Å². The lowest BCUT2D eigenvalue weighted by molar-refractivity contribution is -0.140. The Bertz CT molecular complexity index is 818. The molecule has 0 bridgehead atoms. The summed E-state index contributed by atoms with van der Waals surface area (Å²) in [6, 6.07) is 21.8. The second-order valence-electron chi connectivity index (χ2n) is 5.49. The molecule has 0 spiro atoms. The Labute approximate surface area is 139 Å². The molecule has 3 aromatic carbocycles. The fourth-order valence-electron chi connectivity index (χ4n) is 3.00. The molecule has 3 N–H and O–H groups in total. The topological polar surface area (TPSA) is 77.8 Å². The van der Waals surface area contributed by atoms with Crippen LogP contribution in [-0.4, -0.2) is 21.3 Å². The van der Waals surface area contributed by atoms with Gasteiger partial charge >= 0.3 is 5.97 Å². The van der Waals surface area contributed by atoms with Gasteiger partial charge in [0.05, 0.1) is 0 Å². The molecule has 0 saturated heterocycles. The lowest BCUT2D eigenvalue weighted by Gasteiger charge is -2.31. The third kappa shape index (κ3) is 2.38. The van der Waals surface area contributed by atoms with E-state index in [0.717, 1.165) is 0 Å². The minimum absolute atomic E-state index is 0.292. The minimum Gasteiger partial charge on any atom is -0.504 e. The third-order valence-electron chi connectivity index (χ3n) is 4.14. The summed E-state index contributed by atoms with van der Waals surface area (Å²) in [5.74, 6) is -1.71. The molecule has 0 aliphatic heterocycles. The van der Waals surface area contributed by atoms with Crippen molar-refractivity contribution in [3.63, 3.8) is 0 Å². The zero-order valence-corrected chi connectivity index (χ0v) is 12.8. The molecular formula is C20H16O4. The molecule has 0 aliphatic carbocycles. The van der Waals surface area contributed by atoms with Crippen LogP contribution in [0.3, 0.4) is 0 Å². The van der Waals surface area contributed by atoms with Crippen LogP contribution in [-0.2, 0) is 10.2 Å². The van der Waals surface area contributed by atoms with Gasteiger partial charge in [-0.1, -0.05) is 66.7 Å². The van der Waals surface area contributed by atoms with Gasteiger partial charge in [-0.15, -0.1) is 0 Å². The third-order valence-corrected chi connectivity index (χ3v) is 4.14. The molecule has 120 valence electrons. The SMILES string of the molecule is O=C(O)C(c1ccccc1)(c1ccccc1)c1ccc(O)c(O)c1. The predicted molar refractivity (Wildman–Crippen MR) is 90.2 cm³/mol. The maximum atomic E-state index is 12.5.